The number of aliphatic carboxylic acids is 1. The zero-order chi connectivity index (χ0) is 15.9. The fourth-order valence-corrected chi connectivity index (χ4v) is 2.36. The highest BCUT2D eigenvalue weighted by molar-refractivity contribution is 6.35. The molecular weight excluding hydrogens is 331 g/mol. The van der Waals surface area contributed by atoms with Gasteiger partial charge in [0.2, 0.25) is 5.96 Å². The van der Waals surface area contributed by atoms with Gasteiger partial charge in [0, 0.05) is 28.8 Å². The van der Waals surface area contributed by atoms with Crippen LogP contribution in [0.15, 0.2) is 23.2 Å². The number of hydrogen-bond acceptors (Lipinski definition) is 4. The molecule has 22 heavy (non-hydrogen) atoms. The van der Waals surface area contributed by atoms with Crippen LogP contribution in [0.3, 0.4) is 0 Å². The van der Waals surface area contributed by atoms with Gasteiger partial charge < -0.3 is 15.2 Å². The quantitative estimate of drug-likeness (QED) is 0.568. The Bertz CT molecular complexity index is 542. The van der Waals surface area contributed by atoms with E-state index < -0.39 is 5.97 Å². The maximum Gasteiger partial charge on any atom is 0.325 e. The van der Waals surface area contributed by atoms with Crippen LogP contribution in [0.25, 0.3) is 0 Å². The van der Waals surface area contributed by atoms with Gasteiger partial charge in [-0.1, -0.05) is 23.2 Å². The molecule has 1 fully saturated rings. The summed E-state index contributed by atoms with van der Waals surface area (Å²) >= 11 is 11.9. The minimum atomic E-state index is -1.02. The second-order valence-corrected chi connectivity index (χ2v) is 5.43. The molecule has 7 nitrogen and oxygen atoms in total. The van der Waals surface area contributed by atoms with Crippen LogP contribution in [0.5, 0.6) is 0 Å². The normalized spacial score (nSPS) is 16.4. The Morgan fingerprint density at radius 2 is 1.91 bits per heavy atom. The van der Waals surface area contributed by atoms with Crippen molar-refractivity contribution in [3.05, 3.63) is 28.2 Å². The molecule has 3 N–H and O–H groups in total. The second-order valence-electron chi connectivity index (χ2n) is 4.55. The molecule has 0 radical (unpaired) electrons. The third kappa shape index (κ3) is 5.69. The number of nitrogens with one attached hydrogen (secondary N) is 2. The summed E-state index contributed by atoms with van der Waals surface area (Å²) in [6, 6.07) is 4.95. The third-order valence-electron chi connectivity index (χ3n) is 2.77. The molecule has 0 amide bonds. The smallest absolute Gasteiger partial charge is 0.325 e. The lowest BCUT2D eigenvalue weighted by atomic mass is 10.3. The minimum absolute atomic E-state index is 0.308. The molecule has 1 aliphatic heterocycles. The molecule has 1 aliphatic rings. The maximum atomic E-state index is 10.7. The van der Waals surface area contributed by atoms with Crippen molar-refractivity contribution in [2.75, 3.05) is 38.2 Å². The molecule has 1 aromatic carbocycles. The number of hydrogen-bond donors (Lipinski definition) is 3. The number of morpholine rings is 1. The van der Waals surface area contributed by atoms with Crippen LogP contribution < -0.4 is 10.7 Å². The number of carbonyl (C=O) groups is 1. The van der Waals surface area contributed by atoms with Crippen molar-refractivity contribution in [3.8, 4) is 0 Å². The summed E-state index contributed by atoms with van der Waals surface area (Å²) in [4.78, 5) is 14.7. The van der Waals surface area contributed by atoms with E-state index in [9.17, 15) is 4.79 Å². The molecule has 0 atom stereocenters. The van der Waals surface area contributed by atoms with Crippen LogP contribution in [0, 0.1) is 0 Å². The first-order chi connectivity index (χ1) is 10.5. The molecule has 1 heterocycles. The number of carboxylic acid groups (broad SMARTS) is 1. The lowest BCUT2D eigenvalue weighted by Gasteiger charge is -2.28. The summed E-state index contributed by atoms with van der Waals surface area (Å²) in [5.41, 5.74) is 3.65. The van der Waals surface area contributed by atoms with Crippen LogP contribution in [0.1, 0.15) is 0 Å². The molecule has 1 saturated heterocycles. The predicted molar refractivity (Wildman–Crippen MR) is 85.6 cm³/mol. The first-order valence-corrected chi connectivity index (χ1v) is 7.37. The highest BCUT2D eigenvalue weighted by Crippen LogP contribution is 2.22. The Labute approximate surface area is 137 Å². The van der Waals surface area contributed by atoms with E-state index in [0.717, 1.165) is 0 Å². The average molecular weight is 347 g/mol. The molecule has 0 aliphatic carbocycles. The number of guanidine groups is 1. The first kappa shape index (κ1) is 16.8. The van der Waals surface area contributed by atoms with E-state index in [1.165, 1.54) is 0 Å². The highest BCUT2D eigenvalue weighted by atomic mass is 35.5. The maximum absolute atomic E-state index is 10.7. The Hall–Kier alpha value is -1.54. The van der Waals surface area contributed by atoms with Crippen LogP contribution in [-0.4, -0.2) is 54.9 Å². The van der Waals surface area contributed by atoms with Gasteiger partial charge in [-0.05, 0) is 18.2 Å². The van der Waals surface area contributed by atoms with Crippen molar-refractivity contribution in [2.24, 2.45) is 4.99 Å². The molecule has 9 heteroatoms. The van der Waals surface area contributed by atoms with E-state index in [4.69, 9.17) is 33.0 Å². The number of anilines is 1. The van der Waals surface area contributed by atoms with E-state index in [0.29, 0.717) is 48.0 Å². The zero-order valence-corrected chi connectivity index (χ0v) is 13.2. The Balaban J connectivity index is 2.09. The number of ether oxygens (including phenoxy) is 1. The summed E-state index contributed by atoms with van der Waals surface area (Å²) in [5, 5.41) is 14.6. The van der Waals surface area contributed by atoms with Gasteiger partial charge in [0.1, 0.15) is 6.54 Å². The number of nitrogens with zero attached hydrogens (tertiary/aromatic N) is 2. The van der Waals surface area contributed by atoms with Crippen molar-refractivity contribution in [3.63, 3.8) is 0 Å². The minimum Gasteiger partial charge on any atom is -0.480 e. The van der Waals surface area contributed by atoms with Crippen molar-refractivity contribution in [2.45, 2.75) is 0 Å². The molecule has 0 saturated carbocycles. The monoisotopic (exact) mass is 346 g/mol. The predicted octanol–water partition coefficient (Wildman–Crippen LogP) is 1.68. The van der Waals surface area contributed by atoms with E-state index in [1.807, 2.05) is 5.01 Å². The molecule has 0 aromatic heterocycles. The van der Waals surface area contributed by atoms with Gasteiger partial charge in [-0.3, -0.25) is 10.2 Å². The van der Waals surface area contributed by atoms with Gasteiger partial charge in [0.15, 0.2) is 0 Å². The Kier molecular flexibility index (Phi) is 6.26. The lowest BCUT2D eigenvalue weighted by Crippen LogP contribution is -2.50. The number of aliphatic imine (C=N–C) groups is 1. The van der Waals surface area contributed by atoms with Crippen LogP contribution in [0.4, 0.5) is 5.69 Å². The molecule has 2 rings (SSSR count). The number of benzene rings is 1. The molecule has 120 valence electrons. The molecular formula is C13H16Cl2N4O3. The molecule has 1 aromatic rings. The number of carboxylic acids is 1. The van der Waals surface area contributed by atoms with Gasteiger partial charge in [-0.15, -0.1) is 0 Å². The lowest BCUT2D eigenvalue weighted by molar-refractivity contribution is -0.135. The van der Waals surface area contributed by atoms with E-state index >= 15 is 0 Å². The zero-order valence-electron chi connectivity index (χ0n) is 11.7. The summed E-state index contributed by atoms with van der Waals surface area (Å²) in [6.07, 6.45) is 0. The first-order valence-electron chi connectivity index (χ1n) is 6.61. The van der Waals surface area contributed by atoms with Crippen LogP contribution in [0.2, 0.25) is 10.0 Å². The van der Waals surface area contributed by atoms with Gasteiger partial charge >= 0.3 is 5.97 Å². The van der Waals surface area contributed by atoms with E-state index in [2.05, 4.69) is 15.7 Å². The van der Waals surface area contributed by atoms with Crippen molar-refractivity contribution >= 4 is 40.8 Å². The molecule has 0 unspecified atom stereocenters. The summed E-state index contributed by atoms with van der Waals surface area (Å²) in [5.74, 6) is -0.713. The van der Waals surface area contributed by atoms with E-state index in [-0.39, 0.29) is 6.54 Å². The number of hydrazine groups is 1. The summed E-state index contributed by atoms with van der Waals surface area (Å²) in [6.45, 7) is 2.19. The fourth-order valence-electron chi connectivity index (χ4n) is 1.84. The van der Waals surface area contributed by atoms with Crippen molar-refractivity contribution in [1.29, 1.82) is 0 Å². The summed E-state index contributed by atoms with van der Waals surface area (Å²) in [7, 11) is 0. The van der Waals surface area contributed by atoms with E-state index in [1.54, 1.807) is 18.2 Å². The fraction of sp³-hybridized carbons (Fsp3) is 0.385. The molecule has 0 bridgehead atoms. The average Bonchev–Trinajstić information content (AvgIpc) is 2.44. The topological polar surface area (TPSA) is 86.2 Å². The number of halogens is 2. The van der Waals surface area contributed by atoms with Crippen LogP contribution >= 0.6 is 23.2 Å². The third-order valence-corrected chi connectivity index (χ3v) is 3.21. The van der Waals surface area contributed by atoms with Crippen molar-refractivity contribution in [1.82, 2.24) is 10.4 Å². The largest absolute Gasteiger partial charge is 0.480 e. The second kappa shape index (κ2) is 8.19. The standard InChI is InChI=1S/C13H16Cl2N4O3/c14-9-5-10(15)7-11(6-9)17-13(16-8-12(20)21)18-19-1-3-22-4-2-19/h5-7H,1-4,8H2,(H,20,21)(H2,16,17,18). The van der Waals surface area contributed by atoms with Gasteiger partial charge in [-0.25, -0.2) is 10.0 Å². The van der Waals surface area contributed by atoms with Gasteiger partial charge in [0.05, 0.1) is 13.2 Å². The van der Waals surface area contributed by atoms with Crippen molar-refractivity contribution < 1.29 is 14.6 Å². The van der Waals surface area contributed by atoms with Gasteiger partial charge in [-0.2, -0.15) is 0 Å². The summed E-state index contributed by atoms with van der Waals surface area (Å²) < 4.78 is 5.26. The van der Waals surface area contributed by atoms with Crippen LogP contribution in [-0.2, 0) is 9.53 Å². The molecule has 0 spiro atoms. The Morgan fingerprint density at radius 1 is 1.27 bits per heavy atom. The number of rotatable bonds is 4. The Morgan fingerprint density at radius 3 is 2.50 bits per heavy atom. The highest BCUT2D eigenvalue weighted by Gasteiger charge is 2.13. The SMILES string of the molecule is O=C(O)CN=C(Nc1cc(Cl)cc(Cl)c1)NN1CCOCC1. The van der Waals surface area contributed by atoms with Gasteiger partial charge in [0.25, 0.3) is 0 Å².